The van der Waals surface area contributed by atoms with Gasteiger partial charge >= 0.3 is 0 Å². The van der Waals surface area contributed by atoms with E-state index in [0.717, 1.165) is 6.54 Å². The Hall–Kier alpha value is -0.640. The molecule has 0 aliphatic carbocycles. The molecular weight excluding hydrogens is 306 g/mol. The first kappa shape index (κ1) is 13.8. The van der Waals surface area contributed by atoms with Crippen LogP contribution >= 0.6 is 27.3 Å². The molecular formula is C15H18BrNS. The number of benzene rings is 1. The fourth-order valence-electron chi connectivity index (χ4n) is 1.87. The third-order valence-corrected chi connectivity index (χ3v) is 5.10. The highest BCUT2D eigenvalue weighted by molar-refractivity contribution is 9.10. The van der Waals surface area contributed by atoms with Crippen LogP contribution in [0, 0.1) is 13.8 Å². The van der Waals surface area contributed by atoms with Crippen molar-refractivity contribution in [1.29, 1.82) is 0 Å². The summed E-state index contributed by atoms with van der Waals surface area (Å²) in [7, 11) is 0. The van der Waals surface area contributed by atoms with Crippen molar-refractivity contribution in [2.75, 3.05) is 0 Å². The van der Waals surface area contributed by atoms with Crippen LogP contribution in [0.15, 0.2) is 34.8 Å². The third-order valence-electron chi connectivity index (χ3n) is 3.02. The van der Waals surface area contributed by atoms with Crippen LogP contribution in [0.4, 0.5) is 0 Å². The lowest BCUT2D eigenvalue weighted by Gasteiger charge is -2.12. The maximum atomic E-state index is 3.57. The van der Waals surface area contributed by atoms with Crippen molar-refractivity contribution in [3.63, 3.8) is 0 Å². The molecule has 96 valence electrons. The van der Waals surface area contributed by atoms with Crippen LogP contribution in [0.3, 0.4) is 0 Å². The van der Waals surface area contributed by atoms with Gasteiger partial charge in [0.15, 0.2) is 0 Å². The van der Waals surface area contributed by atoms with E-state index in [1.807, 2.05) is 11.3 Å². The van der Waals surface area contributed by atoms with Gasteiger partial charge in [0.1, 0.15) is 0 Å². The SMILES string of the molecule is Cc1ccc(C(C)NCc2ccc(Br)c(C)c2)s1. The van der Waals surface area contributed by atoms with Gasteiger partial charge in [-0.15, -0.1) is 11.3 Å². The Morgan fingerprint density at radius 1 is 1.22 bits per heavy atom. The summed E-state index contributed by atoms with van der Waals surface area (Å²) < 4.78 is 1.17. The van der Waals surface area contributed by atoms with E-state index in [1.165, 1.54) is 25.4 Å². The van der Waals surface area contributed by atoms with Gasteiger partial charge < -0.3 is 5.32 Å². The summed E-state index contributed by atoms with van der Waals surface area (Å²) in [6, 6.07) is 11.3. The first-order valence-corrected chi connectivity index (χ1v) is 7.72. The molecule has 1 nitrogen and oxygen atoms in total. The van der Waals surface area contributed by atoms with Crippen LogP contribution in [-0.2, 0) is 6.54 Å². The summed E-state index contributed by atoms with van der Waals surface area (Å²) in [6.07, 6.45) is 0. The normalized spacial score (nSPS) is 12.7. The molecule has 0 bridgehead atoms. The van der Waals surface area contributed by atoms with Gasteiger partial charge in [0, 0.05) is 26.8 Å². The van der Waals surface area contributed by atoms with Crippen LogP contribution in [0.25, 0.3) is 0 Å². The molecule has 0 saturated carbocycles. The molecule has 1 aromatic carbocycles. The van der Waals surface area contributed by atoms with Crippen molar-refractivity contribution in [1.82, 2.24) is 5.32 Å². The molecule has 0 radical (unpaired) electrons. The van der Waals surface area contributed by atoms with Crippen molar-refractivity contribution in [2.24, 2.45) is 0 Å². The van der Waals surface area contributed by atoms with Gasteiger partial charge in [-0.25, -0.2) is 0 Å². The minimum Gasteiger partial charge on any atom is -0.305 e. The molecule has 0 aliphatic heterocycles. The maximum absolute atomic E-state index is 3.57. The summed E-state index contributed by atoms with van der Waals surface area (Å²) >= 11 is 5.40. The Balaban J connectivity index is 1.97. The topological polar surface area (TPSA) is 12.0 Å². The van der Waals surface area contributed by atoms with E-state index < -0.39 is 0 Å². The maximum Gasteiger partial charge on any atom is 0.0388 e. The van der Waals surface area contributed by atoms with Gasteiger partial charge in [0.25, 0.3) is 0 Å². The van der Waals surface area contributed by atoms with Crippen molar-refractivity contribution >= 4 is 27.3 Å². The quantitative estimate of drug-likeness (QED) is 0.836. The first-order valence-electron chi connectivity index (χ1n) is 6.11. The molecule has 1 unspecified atom stereocenters. The average molecular weight is 324 g/mol. The fourth-order valence-corrected chi connectivity index (χ4v) is 3.03. The second-order valence-corrected chi connectivity index (χ2v) is 6.81. The molecule has 1 aromatic heterocycles. The number of rotatable bonds is 4. The van der Waals surface area contributed by atoms with Crippen molar-refractivity contribution < 1.29 is 0 Å². The van der Waals surface area contributed by atoms with Crippen molar-refractivity contribution in [3.05, 3.63) is 55.7 Å². The van der Waals surface area contributed by atoms with E-state index in [4.69, 9.17) is 0 Å². The zero-order chi connectivity index (χ0) is 13.1. The minimum absolute atomic E-state index is 0.410. The second-order valence-electron chi connectivity index (χ2n) is 4.63. The van der Waals surface area contributed by atoms with E-state index in [0.29, 0.717) is 6.04 Å². The molecule has 1 N–H and O–H groups in total. The van der Waals surface area contributed by atoms with Crippen molar-refractivity contribution in [3.8, 4) is 0 Å². The number of thiophene rings is 1. The van der Waals surface area contributed by atoms with Crippen LogP contribution in [0.2, 0.25) is 0 Å². The Labute approximate surface area is 121 Å². The molecule has 0 fully saturated rings. The molecule has 18 heavy (non-hydrogen) atoms. The van der Waals surface area contributed by atoms with Gasteiger partial charge in [0.2, 0.25) is 0 Å². The molecule has 0 spiro atoms. The van der Waals surface area contributed by atoms with Crippen LogP contribution < -0.4 is 5.32 Å². The zero-order valence-corrected chi connectivity index (χ0v) is 13.4. The van der Waals surface area contributed by atoms with E-state index in [-0.39, 0.29) is 0 Å². The van der Waals surface area contributed by atoms with E-state index >= 15 is 0 Å². The molecule has 2 aromatic rings. The van der Waals surface area contributed by atoms with Gasteiger partial charge in [-0.05, 0) is 50.1 Å². The number of nitrogens with one attached hydrogen (secondary N) is 1. The van der Waals surface area contributed by atoms with Crippen LogP contribution in [-0.4, -0.2) is 0 Å². The highest BCUT2D eigenvalue weighted by Gasteiger charge is 2.07. The standard InChI is InChI=1S/C15H18BrNS/c1-10-8-13(5-6-14(10)16)9-17-12(3)15-7-4-11(2)18-15/h4-8,12,17H,9H2,1-3H3. The summed E-state index contributed by atoms with van der Waals surface area (Å²) in [6.45, 7) is 7.40. The van der Waals surface area contributed by atoms with Gasteiger partial charge in [-0.1, -0.05) is 28.1 Å². The Bertz CT molecular complexity index is 533. The predicted molar refractivity (Wildman–Crippen MR) is 83.2 cm³/mol. The van der Waals surface area contributed by atoms with Crippen molar-refractivity contribution in [2.45, 2.75) is 33.4 Å². The Morgan fingerprint density at radius 2 is 2.00 bits per heavy atom. The average Bonchev–Trinajstić information content (AvgIpc) is 2.77. The number of hydrogen-bond acceptors (Lipinski definition) is 2. The lowest BCUT2D eigenvalue weighted by Crippen LogP contribution is -2.17. The Kier molecular flexibility index (Phi) is 4.60. The summed E-state index contributed by atoms with van der Waals surface area (Å²) in [5.41, 5.74) is 2.62. The predicted octanol–water partition coefficient (Wildman–Crippen LogP) is 4.98. The number of aryl methyl sites for hydroxylation is 2. The molecule has 0 amide bonds. The van der Waals surface area contributed by atoms with Gasteiger partial charge in [0.05, 0.1) is 0 Å². The van der Waals surface area contributed by atoms with Crippen LogP contribution in [0.1, 0.15) is 33.8 Å². The highest BCUT2D eigenvalue weighted by atomic mass is 79.9. The monoisotopic (exact) mass is 323 g/mol. The van der Waals surface area contributed by atoms with Gasteiger partial charge in [-0.2, -0.15) is 0 Å². The molecule has 0 saturated heterocycles. The number of hydrogen-bond donors (Lipinski definition) is 1. The third kappa shape index (κ3) is 3.44. The highest BCUT2D eigenvalue weighted by Crippen LogP contribution is 2.23. The fraction of sp³-hybridized carbons (Fsp3) is 0.333. The second kappa shape index (κ2) is 6.00. The lowest BCUT2D eigenvalue weighted by molar-refractivity contribution is 0.583. The molecule has 1 heterocycles. The smallest absolute Gasteiger partial charge is 0.0388 e. The zero-order valence-electron chi connectivity index (χ0n) is 11.0. The molecule has 3 heteroatoms. The molecule has 2 rings (SSSR count). The molecule has 0 aliphatic rings. The number of halogens is 1. The largest absolute Gasteiger partial charge is 0.305 e. The summed E-state index contributed by atoms with van der Waals surface area (Å²) in [5.74, 6) is 0. The molecule has 1 atom stereocenters. The van der Waals surface area contributed by atoms with E-state index in [2.05, 4.69) is 72.3 Å². The van der Waals surface area contributed by atoms with Crippen LogP contribution in [0.5, 0.6) is 0 Å². The lowest BCUT2D eigenvalue weighted by atomic mass is 10.1. The summed E-state index contributed by atoms with van der Waals surface area (Å²) in [5, 5.41) is 3.57. The Morgan fingerprint density at radius 3 is 2.61 bits per heavy atom. The first-order chi connectivity index (χ1) is 8.56. The van der Waals surface area contributed by atoms with E-state index in [1.54, 1.807) is 0 Å². The summed E-state index contributed by atoms with van der Waals surface area (Å²) in [4.78, 5) is 2.78. The minimum atomic E-state index is 0.410. The van der Waals surface area contributed by atoms with E-state index in [9.17, 15) is 0 Å². The van der Waals surface area contributed by atoms with Gasteiger partial charge in [-0.3, -0.25) is 0 Å².